The number of hydrogen-bond donors (Lipinski definition) is 0. The molecule has 8 heteroatoms. The van der Waals surface area contributed by atoms with Crippen molar-refractivity contribution in [3.05, 3.63) is 0 Å². The molecule has 0 bridgehead atoms. The summed E-state index contributed by atoms with van der Waals surface area (Å²) >= 11 is -0.512. The van der Waals surface area contributed by atoms with E-state index in [0.717, 1.165) is 6.08 Å². The van der Waals surface area contributed by atoms with Crippen LogP contribution in [0, 0.1) is 0 Å². The summed E-state index contributed by atoms with van der Waals surface area (Å²) in [5.74, 6) is -0.419. The highest BCUT2D eigenvalue weighted by molar-refractivity contribution is 8.00. The largest absolute Gasteiger partial charge is 0.464 e. The van der Waals surface area contributed by atoms with Crippen LogP contribution in [-0.2, 0) is 4.79 Å². The number of alkyl halides is 5. The molecule has 0 rings (SSSR count). The first-order valence-electron chi connectivity index (χ1n) is 3.43. The first kappa shape index (κ1) is 13.4. The highest BCUT2D eigenvalue weighted by Gasteiger charge is 2.57. The molecule has 0 aliphatic heterocycles. The maximum Gasteiger partial charge on any atom is 0.464 e. The summed E-state index contributed by atoms with van der Waals surface area (Å²) < 4.78 is 59.0. The van der Waals surface area contributed by atoms with Gasteiger partial charge in [0.05, 0.1) is 6.54 Å². The molecule has 0 aromatic heterocycles. The number of rotatable bonds is 5. The standard InChI is InChI=1S/C6H6F5NOS/c7-5(8,9)6(10,11)14-3-1-2-12-4-13/h1-3H2. The quantitative estimate of drug-likeness (QED) is 0.317. The van der Waals surface area contributed by atoms with E-state index < -0.39 is 28.9 Å². The highest BCUT2D eigenvalue weighted by atomic mass is 32.2. The van der Waals surface area contributed by atoms with Gasteiger partial charge in [-0.2, -0.15) is 22.0 Å². The lowest BCUT2D eigenvalue weighted by Gasteiger charge is -2.18. The van der Waals surface area contributed by atoms with Crippen molar-refractivity contribution in [2.45, 2.75) is 17.9 Å². The van der Waals surface area contributed by atoms with E-state index >= 15 is 0 Å². The maximum atomic E-state index is 12.2. The van der Waals surface area contributed by atoms with Crippen molar-refractivity contribution in [2.75, 3.05) is 12.3 Å². The number of thioether (sulfide) groups is 1. The van der Waals surface area contributed by atoms with E-state index in [4.69, 9.17) is 0 Å². The van der Waals surface area contributed by atoms with Gasteiger partial charge in [-0.25, -0.2) is 9.79 Å². The van der Waals surface area contributed by atoms with Crippen LogP contribution in [0.15, 0.2) is 4.99 Å². The molecule has 14 heavy (non-hydrogen) atoms. The minimum Gasteiger partial charge on any atom is -0.211 e. The van der Waals surface area contributed by atoms with Crippen LogP contribution in [0.1, 0.15) is 6.42 Å². The molecule has 0 saturated heterocycles. The molecule has 0 heterocycles. The lowest BCUT2D eigenvalue weighted by Crippen LogP contribution is -2.33. The third-order valence-corrected chi connectivity index (χ3v) is 2.18. The monoisotopic (exact) mass is 235 g/mol. The van der Waals surface area contributed by atoms with Crippen LogP contribution in [0.3, 0.4) is 0 Å². The molecular formula is C6H6F5NOS. The lowest BCUT2D eigenvalue weighted by atomic mass is 10.5. The molecule has 0 unspecified atom stereocenters. The Balaban J connectivity index is 3.83. The zero-order chi connectivity index (χ0) is 11.2. The zero-order valence-electron chi connectivity index (χ0n) is 6.77. The van der Waals surface area contributed by atoms with Gasteiger partial charge in [0.25, 0.3) is 0 Å². The lowest BCUT2D eigenvalue weighted by molar-refractivity contribution is -0.237. The number of carbonyl (C=O) groups excluding carboxylic acids is 1. The van der Waals surface area contributed by atoms with Crippen molar-refractivity contribution in [2.24, 2.45) is 4.99 Å². The van der Waals surface area contributed by atoms with Crippen molar-refractivity contribution in [1.29, 1.82) is 0 Å². The summed E-state index contributed by atoms with van der Waals surface area (Å²) in [5, 5.41) is -4.74. The predicted molar refractivity (Wildman–Crippen MR) is 41.1 cm³/mol. The number of isocyanates is 1. The molecule has 0 N–H and O–H groups in total. The Labute approximate surface area is 80.6 Å². The summed E-state index contributed by atoms with van der Waals surface area (Å²) in [5.41, 5.74) is 0. The van der Waals surface area contributed by atoms with E-state index in [0.29, 0.717) is 0 Å². The number of halogens is 5. The highest BCUT2D eigenvalue weighted by Crippen LogP contribution is 2.44. The predicted octanol–water partition coefficient (Wildman–Crippen LogP) is 2.60. The normalized spacial score (nSPS) is 12.4. The Kier molecular flexibility index (Phi) is 5.07. The summed E-state index contributed by atoms with van der Waals surface area (Å²) in [6.07, 6.45) is -4.41. The molecule has 2 nitrogen and oxygen atoms in total. The summed E-state index contributed by atoms with van der Waals surface area (Å²) in [4.78, 5) is 12.5. The molecule has 0 amide bonds. The average molecular weight is 235 g/mol. The van der Waals surface area contributed by atoms with Crippen LogP contribution in [-0.4, -0.2) is 29.8 Å². The molecule has 0 aromatic rings. The maximum absolute atomic E-state index is 12.2. The van der Waals surface area contributed by atoms with E-state index in [1.165, 1.54) is 0 Å². The Morgan fingerprint density at radius 2 is 1.79 bits per heavy atom. The summed E-state index contributed by atoms with van der Waals surface area (Å²) in [7, 11) is 0. The molecule has 0 saturated carbocycles. The van der Waals surface area contributed by atoms with E-state index in [2.05, 4.69) is 4.99 Å². The zero-order valence-corrected chi connectivity index (χ0v) is 7.59. The summed E-state index contributed by atoms with van der Waals surface area (Å²) in [6.45, 7) is -0.0928. The molecule has 0 radical (unpaired) electrons. The number of hydrogen-bond acceptors (Lipinski definition) is 3. The second-order valence-corrected chi connectivity index (χ2v) is 3.40. The Bertz CT molecular complexity index is 223. The Morgan fingerprint density at radius 3 is 2.21 bits per heavy atom. The second-order valence-electron chi connectivity index (χ2n) is 2.19. The molecule has 0 aliphatic carbocycles. The first-order valence-corrected chi connectivity index (χ1v) is 4.42. The van der Waals surface area contributed by atoms with Crippen LogP contribution in [0.4, 0.5) is 22.0 Å². The molecule has 0 atom stereocenters. The van der Waals surface area contributed by atoms with E-state index in [1.807, 2.05) is 0 Å². The van der Waals surface area contributed by atoms with E-state index in [-0.39, 0.29) is 13.0 Å². The topological polar surface area (TPSA) is 29.4 Å². The average Bonchev–Trinajstić information content (AvgIpc) is 2.02. The molecule has 0 aromatic carbocycles. The van der Waals surface area contributed by atoms with Gasteiger partial charge < -0.3 is 0 Å². The van der Waals surface area contributed by atoms with Crippen molar-refractivity contribution in [3.63, 3.8) is 0 Å². The van der Waals surface area contributed by atoms with E-state index in [9.17, 15) is 26.7 Å². The van der Waals surface area contributed by atoms with Crippen LogP contribution < -0.4 is 0 Å². The fourth-order valence-corrected chi connectivity index (χ4v) is 1.16. The van der Waals surface area contributed by atoms with Gasteiger partial charge in [-0.15, -0.1) is 0 Å². The van der Waals surface area contributed by atoms with Crippen molar-refractivity contribution in [3.8, 4) is 0 Å². The SMILES string of the molecule is O=C=NCCCSC(F)(F)C(F)(F)F. The van der Waals surface area contributed by atoms with Gasteiger partial charge in [-0.1, -0.05) is 11.8 Å². The molecule has 0 fully saturated rings. The van der Waals surface area contributed by atoms with Gasteiger partial charge >= 0.3 is 11.4 Å². The third kappa shape index (κ3) is 4.57. The van der Waals surface area contributed by atoms with Crippen molar-refractivity contribution in [1.82, 2.24) is 0 Å². The van der Waals surface area contributed by atoms with Gasteiger partial charge in [0, 0.05) is 5.75 Å². The van der Waals surface area contributed by atoms with Crippen LogP contribution in [0.2, 0.25) is 0 Å². The van der Waals surface area contributed by atoms with Gasteiger partial charge in [0.2, 0.25) is 6.08 Å². The van der Waals surface area contributed by atoms with Crippen molar-refractivity contribution < 1.29 is 26.7 Å². The van der Waals surface area contributed by atoms with E-state index in [1.54, 1.807) is 0 Å². The third-order valence-electron chi connectivity index (χ3n) is 1.09. The Morgan fingerprint density at radius 1 is 1.21 bits per heavy atom. The molecule has 0 spiro atoms. The fraction of sp³-hybridized carbons (Fsp3) is 0.833. The second kappa shape index (κ2) is 5.31. The first-order chi connectivity index (χ1) is 6.31. The van der Waals surface area contributed by atoms with Gasteiger partial charge in [0.1, 0.15) is 0 Å². The van der Waals surface area contributed by atoms with Crippen LogP contribution in [0.5, 0.6) is 0 Å². The Hall–Kier alpha value is -0.620. The molecule has 82 valence electrons. The van der Waals surface area contributed by atoms with Gasteiger partial charge in [-0.05, 0) is 6.42 Å². The fourth-order valence-electron chi connectivity index (χ4n) is 0.471. The molecular weight excluding hydrogens is 229 g/mol. The number of aliphatic imine (C=N–C) groups is 1. The number of nitrogens with zero attached hydrogens (tertiary/aromatic N) is 1. The van der Waals surface area contributed by atoms with Crippen LogP contribution in [0.25, 0.3) is 0 Å². The molecule has 0 aliphatic rings. The van der Waals surface area contributed by atoms with Gasteiger partial charge in [-0.3, -0.25) is 0 Å². The minimum atomic E-state index is -5.54. The smallest absolute Gasteiger partial charge is 0.211 e. The summed E-state index contributed by atoms with van der Waals surface area (Å²) in [6, 6.07) is 0. The van der Waals surface area contributed by atoms with Crippen LogP contribution >= 0.6 is 11.8 Å². The van der Waals surface area contributed by atoms with Gasteiger partial charge in [0.15, 0.2) is 0 Å². The van der Waals surface area contributed by atoms with Crippen molar-refractivity contribution >= 4 is 17.8 Å². The minimum absolute atomic E-state index is 0.0222.